The summed E-state index contributed by atoms with van der Waals surface area (Å²) in [6.07, 6.45) is 2.68. The van der Waals surface area contributed by atoms with Gasteiger partial charge in [0, 0.05) is 12.0 Å². The van der Waals surface area contributed by atoms with E-state index in [1.54, 1.807) is 11.1 Å². The molecular formula is C19H21N. The predicted octanol–water partition coefficient (Wildman–Crippen LogP) is 4.22. The van der Waals surface area contributed by atoms with Crippen molar-refractivity contribution < 1.29 is 0 Å². The number of fused-ring (bicyclic) bond motifs is 3. The van der Waals surface area contributed by atoms with Gasteiger partial charge in [0.05, 0.1) is 0 Å². The first-order chi connectivity index (χ1) is 9.86. The van der Waals surface area contributed by atoms with Crippen molar-refractivity contribution in [2.75, 3.05) is 13.6 Å². The highest BCUT2D eigenvalue weighted by atomic mass is 15.1. The molecule has 2 aromatic rings. The van der Waals surface area contributed by atoms with Crippen molar-refractivity contribution in [3.8, 4) is 0 Å². The summed E-state index contributed by atoms with van der Waals surface area (Å²) in [6.45, 7) is 1.23. The van der Waals surface area contributed by atoms with Gasteiger partial charge in [-0.2, -0.15) is 0 Å². The molecule has 4 rings (SSSR count). The van der Waals surface area contributed by atoms with Crippen molar-refractivity contribution in [1.29, 1.82) is 0 Å². The highest BCUT2D eigenvalue weighted by Crippen LogP contribution is 2.53. The Morgan fingerprint density at radius 1 is 0.900 bits per heavy atom. The number of likely N-dealkylation sites (tertiary alicyclic amines) is 1. The second kappa shape index (κ2) is 4.75. The number of benzene rings is 2. The molecule has 0 amide bonds. The maximum absolute atomic E-state index is 2.57. The molecule has 1 heterocycles. The summed E-state index contributed by atoms with van der Waals surface area (Å²) in [5, 5.41) is 0. The molecule has 102 valence electrons. The van der Waals surface area contributed by atoms with Gasteiger partial charge < -0.3 is 0 Å². The molecule has 1 saturated heterocycles. The van der Waals surface area contributed by atoms with E-state index in [-0.39, 0.29) is 0 Å². The molecule has 0 N–H and O–H groups in total. The van der Waals surface area contributed by atoms with Crippen molar-refractivity contribution in [2.45, 2.75) is 24.8 Å². The Morgan fingerprint density at radius 2 is 1.60 bits per heavy atom. The maximum atomic E-state index is 2.57. The lowest BCUT2D eigenvalue weighted by Gasteiger charge is -2.37. The van der Waals surface area contributed by atoms with Crippen molar-refractivity contribution in [2.24, 2.45) is 5.92 Å². The molecule has 1 aliphatic heterocycles. The van der Waals surface area contributed by atoms with Crippen LogP contribution in [0.2, 0.25) is 0 Å². The first kappa shape index (κ1) is 12.2. The third-order valence-corrected chi connectivity index (χ3v) is 5.17. The monoisotopic (exact) mass is 263 g/mol. The van der Waals surface area contributed by atoms with Crippen molar-refractivity contribution in [3.63, 3.8) is 0 Å². The van der Waals surface area contributed by atoms with Crippen molar-refractivity contribution in [3.05, 3.63) is 71.3 Å². The van der Waals surface area contributed by atoms with E-state index < -0.39 is 0 Å². The van der Waals surface area contributed by atoms with E-state index in [9.17, 15) is 0 Å². The molecule has 1 heteroatoms. The van der Waals surface area contributed by atoms with Crippen LogP contribution in [-0.4, -0.2) is 18.5 Å². The van der Waals surface area contributed by atoms with E-state index in [1.807, 2.05) is 0 Å². The van der Waals surface area contributed by atoms with Crippen LogP contribution in [0.4, 0.5) is 0 Å². The average molecular weight is 263 g/mol. The third kappa shape index (κ3) is 1.73. The van der Waals surface area contributed by atoms with E-state index in [1.165, 1.54) is 24.9 Å². The normalized spacial score (nSPS) is 28.9. The average Bonchev–Trinajstić information content (AvgIpc) is 2.84. The quantitative estimate of drug-likeness (QED) is 0.745. The van der Waals surface area contributed by atoms with E-state index in [2.05, 4.69) is 66.5 Å². The van der Waals surface area contributed by atoms with Crippen LogP contribution < -0.4 is 0 Å². The van der Waals surface area contributed by atoms with Gasteiger partial charge in [-0.1, -0.05) is 54.6 Å². The fourth-order valence-corrected chi connectivity index (χ4v) is 4.40. The summed E-state index contributed by atoms with van der Waals surface area (Å²) in [7, 11) is 2.29. The Hall–Kier alpha value is -1.60. The molecule has 1 fully saturated rings. The van der Waals surface area contributed by atoms with Gasteiger partial charge >= 0.3 is 0 Å². The SMILES string of the molecule is CN1CCC[C@@H]2[C@@H](c3ccccc3)c3ccccc3[C@@H]21. The van der Waals surface area contributed by atoms with E-state index in [0.29, 0.717) is 12.0 Å². The van der Waals surface area contributed by atoms with E-state index >= 15 is 0 Å². The predicted molar refractivity (Wildman–Crippen MR) is 82.8 cm³/mol. The van der Waals surface area contributed by atoms with Gasteiger partial charge in [-0.15, -0.1) is 0 Å². The van der Waals surface area contributed by atoms with Crippen LogP contribution >= 0.6 is 0 Å². The van der Waals surface area contributed by atoms with Gasteiger partial charge in [-0.25, -0.2) is 0 Å². The lowest BCUT2D eigenvalue weighted by atomic mass is 9.80. The molecule has 1 aliphatic carbocycles. The zero-order valence-electron chi connectivity index (χ0n) is 12.0. The second-order valence-electron chi connectivity index (χ2n) is 6.25. The molecule has 0 spiro atoms. The highest BCUT2D eigenvalue weighted by molar-refractivity contribution is 5.46. The number of rotatable bonds is 1. The molecule has 0 aromatic heterocycles. The Balaban J connectivity index is 1.86. The van der Waals surface area contributed by atoms with E-state index in [4.69, 9.17) is 0 Å². The van der Waals surface area contributed by atoms with Crippen LogP contribution in [0.15, 0.2) is 54.6 Å². The molecule has 1 nitrogen and oxygen atoms in total. The summed E-state index contributed by atoms with van der Waals surface area (Å²) in [4.78, 5) is 2.57. The minimum Gasteiger partial charge on any atom is -0.299 e. The second-order valence-corrected chi connectivity index (χ2v) is 6.25. The van der Waals surface area contributed by atoms with Crippen molar-refractivity contribution in [1.82, 2.24) is 4.90 Å². The van der Waals surface area contributed by atoms with Crippen LogP contribution in [0, 0.1) is 5.92 Å². The molecule has 0 bridgehead atoms. The standard InChI is InChI=1S/C19H21N/c1-20-13-7-12-17-18(14-8-3-2-4-9-14)15-10-5-6-11-16(15)19(17)20/h2-6,8-11,17-19H,7,12-13H2,1H3/t17-,18+,19+/m1/s1. The molecule has 3 atom stereocenters. The largest absolute Gasteiger partial charge is 0.299 e. The number of piperidine rings is 1. The van der Waals surface area contributed by atoms with Gasteiger partial charge in [0.15, 0.2) is 0 Å². The van der Waals surface area contributed by atoms with E-state index in [0.717, 1.165) is 5.92 Å². The molecule has 2 aliphatic rings. The number of hydrogen-bond donors (Lipinski definition) is 0. The summed E-state index contributed by atoms with van der Waals surface area (Å²) < 4.78 is 0. The molecule has 2 aromatic carbocycles. The fourth-order valence-electron chi connectivity index (χ4n) is 4.40. The Morgan fingerprint density at radius 3 is 2.40 bits per heavy atom. The summed E-state index contributed by atoms with van der Waals surface area (Å²) in [5.74, 6) is 1.33. The molecule has 0 radical (unpaired) electrons. The summed E-state index contributed by atoms with van der Waals surface area (Å²) in [6, 6.07) is 20.8. The molecule has 20 heavy (non-hydrogen) atoms. The maximum Gasteiger partial charge on any atom is 0.0385 e. The van der Waals surface area contributed by atoms with Gasteiger partial charge in [-0.3, -0.25) is 4.90 Å². The minimum absolute atomic E-state index is 0.583. The molecule has 0 unspecified atom stereocenters. The summed E-state index contributed by atoms with van der Waals surface area (Å²) >= 11 is 0. The lowest BCUT2D eigenvalue weighted by molar-refractivity contribution is 0.127. The van der Waals surface area contributed by atoms with Crippen LogP contribution in [0.1, 0.15) is 41.5 Å². The van der Waals surface area contributed by atoms with Gasteiger partial charge in [0.25, 0.3) is 0 Å². The zero-order chi connectivity index (χ0) is 13.5. The third-order valence-electron chi connectivity index (χ3n) is 5.17. The van der Waals surface area contributed by atoms with Crippen LogP contribution in [0.3, 0.4) is 0 Å². The fraction of sp³-hybridized carbons (Fsp3) is 0.368. The first-order valence-electron chi connectivity index (χ1n) is 7.70. The first-order valence-corrected chi connectivity index (χ1v) is 7.70. The Labute approximate surface area is 121 Å². The Kier molecular flexibility index (Phi) is 2.89. The molecular weight excluding hydrogens is 242 g/mol. The smallest absolute Gasteiger partial charge is 0.0385 e. The summed E-state index contributed by atoms with van der Waals surface area (Å²) in [5.41, 5.74) is 4.61. The van der Waals surface area contributed by atoms with Gasteiger partial charge in [0.2, 0.25) is 0 Å². The van der Waals surface area contributed by atoms with Crippen LogP contribution in [0.5, 0.6) is 0 Å². The highest BCUT2D eigenvalue weighted by Gasteiger charge is 2.44. The number of nitrogens with zero attached hydrogens (tertiary/aromatic N) is 1. The molecule has 0 saturated carbocycles. The van der Waals surface area contributed by atoms with Crippen LogP contribution in [0.25, 0.3) is 0 Å². The van der Waals surface area contributed by atoms with Gasteiger partial charge in [-0.05, 0) is 49.0 Å². The zero-order valence-corrected chi connectivity index (χ0v) is 12.0. The van der Waals surface area contributed by atoms with Gasteiger partial charge in [0.1, 0.15) is 0 Å². The number of hydrogen-bond acceptors (Lipinski definition) is 1. The van der Waals surface area contributed by atoms with Crippen LogP contribution in [-0.2, 0) is 0 Å². The topological polar surface area (TPSA) is 3.24 Å². The minimum atomic E-state index is 0.583. The Bertz CT molecular complexity index is 604. The van der Waals surface area contributed by atoms with Crippen molar-refractivity contribution >= 4 is 0 Å². The lowest BCUT2D eigenvalue weighted by Crippen LogP contribution is -2.34.